The second kappa shape index (κ2) is 7.85. The summed E-state index contributed by atoms with van der Waals surface area (Å²) in [4.78, 5) is 7.59. The van der Waals surface area contributed by atoms with Crippen molar-refractivity contribution in [3.63, 3.8) is 0 Å². The van der Waals surface area contributed by atoms with Crippen molar-refractivity contribution in [2.45, 2.75) is 26.4 Å². The van der Waals surface area contributed by atoms with Gasteiger partial charge in [0.1, 0.15) is 11.3 Å². The van der Waals surface area contributed by atoms with E-state index in [-0.39, 0.29) is 12.6 Å². The monoisotopic (exact) mass is 341 g/mol. The quantitative estimate of drug-likeness (QED) is 0.807. The molecule has 8 heteroatoms. The van der Waals surface area contributed by atoms with Crippen molar-refractivity contribution in [3.8, 4) is 11.6 Å². The summed E-state index contributed by atoms with van der Waals surface area (Å²) in [5.41, 5.74) is -0.444. The molecule has 0 fully saturated rings. The Kier molecular flexibility index (Phi) is 5.83. The van der Waals surface area contributed by atoms with E-state index < -0.39 is 17.6 Å². The van der Waals surface area contributed by atoms with Gasteiger partial charge in [0.2, 0.25) is 11.8 Å². The lowest BCUT2D eigenvalue weighted by Crippen LogP contribution is -2.13. The highest BCUT2D eigenvalue weighted by Crippen LogP contribution is 2.35. The van der Waals surface area contributed by atoms with Crippen molar-refractivity contribution < 1.29 is 22.6 Å². The van der Waals surface area contributed by atoms with E-state index in [4.69, 9.17) is 9.47 Å². The molecule has 1 N–H and O–H groups in total. The molecule has 5 nitrogen and oxygen atoms in total. The Labute approximate surface area is 137 Å². The van der Waals surface area contributed by atoms with E-state index in [2.05, 4.69) is 15.3 Å². The summed E-state index contributed by atoms with van der Waals surface area (Å²) >= 11 is 0. The maximum Gasteiger partial charge on any atom is 0.423 e. The number of nitrogens with one attached hydrogen (secondary N) is 1. The van der Waals surface area contributed by atoms with E-state index >= 15 is 0 Å². The average molecular weight is 341 g/mol. The molecule has 0 aliphatic rings. The molecule has 0 radical (unpaired) electrons. The molecule has 130 valence electrons. The van der Waals surface area contributed by atoms with Crippen LogP contribution in [0.15, 0.2) is 30.5 Å². The second-order valence-electron chi connectivity index (χ2n) is 4.81. The number of rotatable bonds is 7. The van der Waals surface area contributed by atoms with Crippen molar-refractivity contribution in [2.75, 3.05) is 18.5 Å². The van der Waals surface area contributed by atoms with E-state index in [1.54, 1.807) is 31.2 Å². The fourth-order valence-electron chi connectivity index (χ4n) is 1.90. The van der Waals surface area contributed by atoms with Gasteiger partial charge in [0.15, 0.2) is 0 Å². The van der Waals surface area contributed by atoms with Gasteiger partial charge in [-0.25, -0.2) is 4.98 Å². The minimum absolute atomic E-state index is 0.00116. The maximum absolute atomic E-state index is 13.0. The van der Waals surface area contributed by atoms with Gasteiger partial charge in [-0.2, -0.15) is 18.2 Å². The SMILES string of the molecule is CCCOc1nc(Nc2ccccc2OCC)ncc1C(F)(F)F. The molecule has 0 aliphatic heterocycles. The Morgan fingerprint density at radius 2 is 1.88 bits per heavy atom. The van der Waals surface area contributed by atoms with E-state index in [0.29, 0.717) is 30.7 Å². The van der Waals surface area contributed by atoms with Crippen LogP contribution in [0.3, 0.4) is 0 Å². The Balaban J connectivity index is 2.31. The van der Waals surface area contributed by atoms with Crippen molar-refractivity contribution in [1.82, 2.24) is 9.97 Å². The van der Waals surface area contributed by atoms with Gasteiger partial charge < -0.3 is 14.8 Å². The molecule has 24 heavy (non-hydrogen) atoms. The topological polar surface area (TPSA) is 56.3 Å². The van der Waals surface area contributed by atoms with Gasteiger partial charge in [0.05, 0.1) is 18.9 Å². The van der Waals surface area contributed by atoms with Crippen LogP contribution in [-0.4, -0.2) is 23.2 Å². The molecule has 0 spiro atoms. The molecule has 2 aromatic rings. The summed E-state index contributed by atoms with van der Waals surface area (Å²) < 4.78 is 49.6. The molecule has 1 aromatic heterocycles. The van der Waals surface area contributed by atoms with Crippen LogP contribution >= 0.6 is 0 Å². The lowest BCUT2D eigenvalue weighted by Gasteiger charge is -2.15. The first-order valence-electron chi connectivity index (χ1n) is 7.51. The molecular weight excluding hydrogens is 323 g/mol. The first-order valence-corrected chi connectivity index (χ1v) is 7.51. The third-order valence-corrected chi connectivity index (χ3v) is 2.94. The second-order valence-corrected chi connectivity index (χ2v) is 4.81. The lowest BCUT2D eigenvalue weighted by molar-refractivity contribution is -0.139. The van der Waals surface area contributed by atoms with Crippen LogP contribution in [0.25, 0.3) is 0 Å². The Morgan fingerprint density at radius 3 is 2.54 bits per heavy atom. The number of nitrogens with zero attached hydrogens (tertiary/aromatic N) is 2. The normalized spacial score (nSPS) is 11.2. The average Bonchev–Trinajstić information content (AvgIpc) is 2.54. The maximum atomic E-state index is 13.0. The van der Waals surface area contributed by atoms with Crippen molar-refractivity contribution >= 4 is 11.6 Å². The number of halogens is 3. The number of hydrogen-bond acceptors (Lipinski definition) is 5. The molecule has 0 saturated heterocycles. The largest absolute Gasteiger partial charge is 0.492 e. The zero-order valence-corrected chi connectivity index (χ0v) is 13.4. The molecule has 0 amide bonds. The van der Waals surface area contributed by atoms with E-state index in [0.717, 1.165) is 0 Å². The smallest absolute Gasteiger partial charge is 0.423 e. The number of para-hydroxylation sites is 2. The molecule has 0 saturated carbocycles. The van der Waals surface area contributed by atoms with Crippen LogP contribution < -0.4 is 14.8 Å². The van der Waals surface area contributed by atoms with E-state index in [1.165, 1.54) is 0 Å². The van der Waals surface area contributed by atoms with Crippen LogP contribution in [0.1, 0.15) is 25.8 Å². The standard InChI is InChI=1S/C16H18F3N3O2/c1-3-9-24-14-11(16(17,18)19)10-20-15(22-14)21-12-7-5-6-8-13(12)23-4-2/h5-8,10H,3-4,9H2,1-2H3,(H,20,21,22). The summed E-state index contributed by atoms with van der Waals surface area (Å²) in [7, 11) is 0. The summed E-state index contributed by atoms with van der Waals surface area (Å²) in [6, 6.07) is 7.02. The molecule has 0 atom stereocenters. The van der Waals surface area contributed by atoms with Crippen LogP contribution in [0.4, 0.5) is 24.8 Å². The number of aromatic nitrogens is 2. The van der Waals surface area contributed by atoms with Crippen LogP contribution in [0, 0.1) is 0 Å². The predicted octanol–water partition coefficient (Wildman–Crippen LogP) is 4.43. The molecule has 2 rings (SSSR count). The van der Waals surface area contributed by atoms with Gasteiger partial charge in [0.25, 0.3) is 0 Å². The minimum Gasteiger partial charge on any atom is -0.492 e. The van der Waals surface area contributed by atoms with Gasteiger partial charge in [0, 0.05) is 6.20 Å². The minimum atomic E-state index is -4.58. The number of anilines is 2. The van der Waals surface area contributed by atoms with Gasteiger partial charge in [-0.05, 0) is 25.5 Å². The highest BCUT2D eigenvalue weighted by Gasteiger charge is 2.36. The summed E-state index contributed by atoms with van der Waals surface area (Å²) in [5.74, 6) is 0.0662. The molecule has 0 aliphatic carbocycles. The number of benzene rings is 1. The fraction of sp³-hybridized carbons (Fsp3) is 0.375. The van der Waals surface area contributed by atoms with Gasteiger partial charge in [-0.15, -0.1) is 0 Å². The number of hydrogen-bond donors (Lipinski definition) is 1. The summed E-state index contributed by atoms with van der Waals surface area (Å²) in [5, 5.41) is 2.86. The molecule has 0 unspecified atom stereocenters. The van der Waals surface area contributed by atoms with Crippen LogP contribution in [0.5, 0.6) is 11.6 Å². The number of ether oxygens (including phenoxy) is 2. The van der Waals surface area contributed by atoms with Gasteiger partial charge in [-0.3, -0.25) is 0 Å². The van der Waals surface area contributed by atoms with E-state index in [9.17, 15) is 13.2 Å². The third-order valence-electron chi connectivity index (χ3n) is 2.94. The highest BCUT2D eigenvalue weighted by atomic mass is 19.4. The number of alkyl halides is 3. The first-order chi connectivity index (χ1) is 11.5. The lowest BCUT2D eigenvalue weighted by atomic mass is 10.3. The van der Waals surface area contributed by atoms with Crippen molar-refractivity contribution in [2.24, 2.45) is 0 Å². The summed E-state index contributed by atoms with van der Waals surface area (Å²) in [6.45, 7) is 4.22. The van der Waals surface area contributed by atoms with Crippen LogP contribution in [-0.2, 0) is 6.18 Å². The molecule has 1 heterocycles. The fourth-order valence-corrected chi connectivity index (χ4v) is 1.90. The van der Waals surface area contributed by atoms with Gasteiger partial charge >= 0.3 is 6.18 Å². The first kappa shape index (κ1) is 17.8. The Morgan fingerprint density at radius 1 is 1.12 bits per heavy atom. The molecular formula is C16H18F3N3O2. The van der Waals surface area contributed by atoms with Crippen LogP contribution in [0.2, 0.25) is 0 Å². The zero-order valence-electron chi connectivity index (χ0n) is 13.4. The van der Waals surface area contributed by atoms with E-state index in [1.807, 2.05) is 6.92 Å². The highest BCUT2D eigenvalue weighted by molar-refractivity contribution is 5.62. The Bertz CT molecular complexity index is 678. The predicted molar refractivity (Wildman–Crippen MR) is 83.7 cm³/mol. The van der Waals surface area contributed by atoms with Crippen molar-refractivity contribution in [3.05, 3.63) is 36.0 Å². The van der Waals surface area contributed by atoms with Crippen molar-refractivity contribution in [1.29, 1.82) is 0 Å². The molecule has 0 bridgehead atoms. The third kappa shape index (κ3) is 4.50. The summed E-state index contributed by atoms with van der Waals surface area (Å²) in [6.07, 6.45) is -3.30. The Hall–Kier alpha value is -2.51. The van der Waals surface area contributed by atoms with Gasteiger partial charge in [-0.1, -0.05) is 19.1 Å². The zero-order chi connectivity index (χ0) is 17.6. The molecule has 1 aromatic carbocycles.